The highest BCUT2D eigenvalue weighted by Gasteiger charge is 2.27. The van der Waals surface area contributed by atoms with E-state index in [1.807, 2.05) is 0 Å². The SMILES string of the molecule is CCC1CCCCN1CCNC(=NC)NCCN1CCCS1(=O)=O.I. The standard InChI is InChI=1S/C16H33N5O2S.HI/c1-3-15-7-4-5-10-20(15)12-8-18-16(17-2)19-9-13-21-11-6-14-24(21,22)23;/h15H,3-14H2,1-2H3,(H2,17,18,19);1H. The fourth-order valence-corrected chi connectivity index (χ4v) is 5.13. The van der Waals surface area contributed by atoms with Gasteiger partial charge < -0.3 is 10.6 Å². The van der Waals surface area contributed by atoms with Crippen molar-refractivity contribution in [1.29, 1.82) is 0 Å². The molecule has 0 saturated carbocycles. The molecule has 2 rings (SSSR count). The predicted molar refractivity (Wildman–Crippen MR) is 114 cm³/mol. The van der Waals surface area contributed by atoms with Crippen LogP contribution in [0.15, 0.2) is 4.99 Å². The Kier molecular flexibility index (Phi) is 10.6. The molecule has 0 aromatic heterocycles. The molecule has 25 heavy (non-hydrogen) atoms. The molecule has 0 amide bonds. The highest BCUT2D eigenvalue weighted by molar-refractivity contribution is 14.0. The summed E-state index contributed by atoms with van der Waals surface area (Å²) in [7, 11) is -1.26. The third-order valence-electron chi connectivity index (χ3n) is 4.99. The van der Waals surface area contributed by atoms with Crippen molar-refractivity contribution in [3.05, 3.63) is 0 Å². The van der Waals surface area contributed by atoms with Crippen LogP contribution >= 0.6 is 24.0 Å². The van der Waals surface area contributed by atoms with Crippen LogP contribution in [0.4, 0.5) is 0 Å². The van der Waals surface area contributed by atoms with Crippen molar-refractivity contribution in [2.24, 2.45) is 4.99 Å². The van der Waals surface area contributed by atoms with Gasteiger partial charge in [0.25, 0.3) is 0 Å². The summed E-state index contributed by atoms with van der Waals surface area (Å²) in [6.07, 6.45) is 5.92. The van der Waals surface area contributed by atoms with Crippen LogP contribution in [0.5, 0.6) is 0 Å². The maximum Gasteiger partial charge on any atom is 0.214 e. The van der Waals surface area contributed by atoms with E-state index >= 15 is 0 Å². The highest BCUT2D eigenvalue weighted by atomic mass is 127. The molecule has 0 spiro atoms. The average Bonchev–Trinajstić information content (AvgIpc) is 2.92. The van der Waals surface area contributed by atoms with E-state index in [0.717, 1.165) is 31.5 Å². The van der Waals surface area contributed by atoms with Crippen LogP contribution in [0.1, 0.15) is 39.0 Å². The van der Waals surface area contributed by atoms with Gasteiger partial charge in [0.2, 0.25) is 10.0 Å². The van der Waals surface area contributed by atoms with Crippen molar-refractivity contribution in [1.82, 2.24) is 19.8 Å². The lowest BCUT2D eigenvalue weighted by Gasteiger charge is -2.35. The maximum atomic E-state index is 11.8. The van der Waals surface area contributed by atoms with Gasteiger partial charge in [-0.1, -0.05) is 13.3 Å². The van der Waals surface area contributed by atoms with Crippen molar-refractivity contribution in [2.75, 3.05) is 52.1 Å². The summed E-state index contributed by atoms with van der Waals surface area (Å²) >= 11 is 0. The fourth-order valence-electron chi connectivity index (χ4n) is 3.60. The van der Waals surface area contributed by atoms with Crippen LogP contribution in [0.2, 0.25) is 0 Å². The second-order valence-electron chi connectivity index (χ2n) is 6.59. The van der Waals surface area contributed by atoms with Gasteiger partial charge in [-0.05, 0) is 32.2 Å². The zero-order valence-corrected chi connectivity index (χ0v) is 18.7. The third-order valence-corrected chi connectivity index (χ3v) is 6.95. The summed E-state index contributed by atoms with van der Waals surface area (Å²) in [4.78, 5) is 6.79. The monoisotopic (exact) mass is 487 g/mol. The van der Waals surface area contributed by atoms with Gasteiger partial charge in [0.15, 0.2) is 5.96 Å². The number of likely N-dealkylation sites (tertiary alicyclic amines) is 1. The molecule has 2 fully saturated rings. The van der Waals surface area contributed by atoms with Gasteiger partial charge in [-0.25, -0.2) is 12.7 Å². The van der Waals surface area contributed by atoms with Gasteiger partial charge >= 0.3 is 0 Å². The first-order chi connectivity index (χ1) is 11.6. The number of hydrogen-bond donors (Lipinski definition) is 2. The smallest absolute Gasteiger partial charge is 0.214 e. The molecule has 0 radical (unpaired) electrons. The van der Waals surface area contributed by atoms with Gasteiger partial charge in [-0.15, -0.1) is 24.0 Å². The van der Waals surface area contributed by atoms with E-state index in [2.05, 4.69) is 27.4 Å². The largest absolute Gasteiger partial charge is 0.355 e. The number of sulfonamides is 1. The van der Waals surface area contributed by atoms with Crippen LogP contribution in [0.25, 0.3) is 0 Å². The molecular weight excluding hydrogens is 453 g/mol. The van der Waals surface area contributed by atoms with Crippen LogP contribution in [-0.4, -0.2) is 81.7 Å². The van der Waals surface area contributed by atoms with E-state index < -0.39 is 10.0 Å². The summed E-state index contributed by atoms with van der Waals surface area (Å²) in [5.74, 6) is 1.03. The minimum atomic E-state index is -3.01. The molecule has 1 atom stereocenters. The molecule has 2 aliphatic rings. The van der Waals surface area contributed by atoms with Crippen molar-refractivity contribution in [3.8, 4) is 0 Å². The van der Waals surface area contributed by atoms with Crippen molar-refractivity contribution < 1.29 is 8.42 Å². The van der Waals surface area contributed by atoms with Crippen molar-refractivity contribution in [2.45, 2.75) is 45.1 Å². The number of piperidine rings is 1. The molecule has 0 aliphatic carbocycles. The Labute approximate surface area is 170 Å². The van der Waals surface area contributed by atoms with E-state index in [1.54, 1.807) is 11.4 Å². The minimum Gasteiger partial charge on any atom is -0.355 e. The number of rotatable bonds is 7. The first kappa shape index (κ1) is 22.9. The van der Waals surface area contributed by atoms with Gasteiger partial charge in [-0.2, -0.15) is 0 Å². The zero-order valence-electron chi connectivity index (χ0n) is 15.5. The Hall–Kier alpha value is -0.130. The van der Waals surface area contributed by atoms with Crippen LogP contribution < -0.4 is 10.6 Å². The molecule has 2 heterocycles. The number of nitrogens with one attached hydrogen (secondary N) is 2. The summed E-state index contributed by atoms with van der Waals surface area (Å²) in [5.41, 5.74) is 0. The Morgan fingerprint density at radius 2 is 1.84 bits per heavy atom. The first-order valence-corrected chi connectivity index (χ1v) is 10.8. The molecule has 0 bridgehead atoms. The molecule has 2 N–H and O–H groups in total. The predicted octanol–water partition coefficient (Wildman–Crippen LogP) is 1.07. The normalized spacial score (nSPS) is 24.7. The quantitative estimate of drug-likeness (QED) is 0.319. The fraction of sp³-hybridized carbons (Fsp3) is 0.938. The molecule has 0 aromatic rings. The minimum absolute atomic E-state index is 0. The van der Waals surface area contributed by atoms with E-state index in [1.165, 1.54) is 32.2 Å². The summed E-state index contributed by atoms with van der Waals surface area (Å²) < 4.78 is 25.1. The third kappa shape index (κ3) is 7.18. The van der Waals surface area contributed by atoms with Crippen molar-refractivity contribution >= 4 is 40.0 Å². The molecule has 7 nitrogen and oxygen atoms in total. The molecule has 148 valence electrons. The van der Waals surface area contributed by atoms with Crippen LogP contribution in [0, 0.1) is 0 Å². The average molecular weight is 487 g/mol. The van der Waals surface area contributed by atoms with Gasteiger partial charge in [-0.3, -0.25) is 9.89 Å². The molecule has 2 saturated heterocycles. The second kappa shape index (κ2) is 11.6. The first-order valence-electron chi connectivity index (χ1n) is 9.23. The van der Waals surface area contributed by atoms with E-state index in [4.69, 9.17) is 0 Å². The van der Waals surface area contributed by atoms with E-state index in [-0.39, 0.29) is 29.7 Å². The van der Waals surface area contributed by atoms with E-state index in [0.29, 0.717) is 19.6 Å². The number of aliphatic imine (C=N–C) groups is 1. The Morgan fingerprint density at radius 1 is 1.12 bits per heavy atom. The second-order valence-corrected chi connectivity index (χ2v) is 8.68. The lowest BCUT2D eigenvalue weighted by atomic mass is 10.0. The molecule has 2 aliphatic heterocycles. The maximum absolute atomic E-state index is 11.8. The molecule has 1 unspecified atom stereocenters. The zero-order chi connectivity index (χ0) is 17.4. The number of halogens is 1. The van der Waals surface area contributed by atoms with Crippen molar-refractivity contribution in [3.63, 3.8) is 0 Å². The lowest BCUT2D eigenvalue weighted by molar-refractivity contribution is 0.147. The molecule has 9 heteroatoms. The number of nitrogens with zero attached hydrogens (tertiary/aromatic N) is 3. The van der Waals surface area contributed by atoms with Crippen LogP contribution in [-0.2, 0) is 10.0 Å². The summed E-state index contributed by atoms with van der Waals surface area (Å²) in [6.45, 7) is 7.08. The number of guanidine groups is 1. The van der Waals surface area contributed by atoms with Gasteiger partial charge in [0, 0.05) is 45.8 Å². The lowest BCUT2D eigenvalue weighted by Crippen LogP contribution is -2.47. The molecular formula is C16H34IN5O2S. The Balaban J connectivity index is 0.00000312. The Bertz CT molecular complexity index is 515. The van der Waals surface area contributed by atoms with E-state index in [9.17, 15) is 8.42 Å². The summed E-state index contributed by atoms with van der Waals surface area (Å²) in [5, 5.41) is 6.55. The summed E-state index contributed by atoms with van der Waals surface area (Å²) in [6, 6.07) is 0.718. The Morgan fingerprint density at radius 3 is 2.44 bits per heavy atom. The van der Waals surface area contributed by atoms with Gasteiger partial charge in [0.1, 0.15) is 0 Å². The number of hydrogen-bond acceptors (Lipinski definition) is 4. The topological polar surface area (TPSA) is 77.0 Å². The highest BCUT2D eigenvalue weighted by Crippen LogP contribution is 2.18. The molecule has 0 aromatic carbocycles. The van der Waals surface area contributed by atoms with Crippen LogP contribution in [0.3, 0.4) is 0 Å². The van der Waals surface area contributed by atoms with Gasteiger partial charge in [0.05, 0.1) is 5.75 Å².